The molecule has 1 saturated heterocycles. The molecule has 3 N–H and O–H groups in total. The zero-order valence-electron chi connectivity index (χ0n) is 19.1. The van der Waals surface area contributed by atoms with E-state index in [2.05, 4.69) is 16.0 Å². The van der Waals surface area contributed by atoms with Crippen LogP contribution in [0.4, 0.5) is 10.5 Å². The van der Waals surface area contributed by atoms with Crippen molar-refractivity contribution in [2.45, 2.75) is 25.8 Å². The molecule has 1 unspecified atom stereocenters. The smallest absolute Gasteiger partial charge is 0.325 e. The molecular formula is C26H26N4O4. The van der Waals surface area contributed by atoms with Gasteiger partial charge in [-0.2, -0.15) is 0 Å². The van der Waals surface area contributed by atoms with E-state index in [4.69, 9.17) is 0 Å². The quantitative estimate of drug-likeness (QED) is 0.472. The van der Waals surface area contributed by atoms with Crippen molar-refractivity contribution < 1.29 is 19.2 Å². The van der Waals surface area contributed by atoms with Crippen LogP contribution < -0.4 is 16.0 Å². The molecule has 1 aliphatic rings. The normalized spacial score (nSPS) is 17.5. The van der Waals surface area contributed by atoms with Crippen molar-refractivity contribution >= 4 is 40.2 Å². The van der Waals surface area contributed by atoms with E-state index in [0.717, 1.165) is 22.1 Å². The summed E-state index contributed by atoms with van der Waals surface area (Å²) in [6.07, 6.45) is 0.780. The SMILES string of the molecule is CCCNC(=O)c1ccccc1NC(=O)CN1C(=O)NC(C)(c2ccc3ccccc3c2)C1=O. The fourth-order valence-electron chi connectivity index (χ4n) is 3.99. The van der Waals surface area contributed by atoms with Gasteiger partial charge in [-0.25, -0.2) is 4.79 Å². The summed E-state index contributed by atoms with van der Waals surface area (Å²) < 4.78 is 0. The van der Waals surface area contributed by atoms with Gasteiger partial charge in [0.1, 0.15) is 12.1 Å². The summed E-state index contributed by atoms with van der Waals surface area (Å²) in [7, 11) is 0. The second-order valence-corrected chi connectivity index (χ2v) is 8.36. The molecule has 174 valence electrons. The van der Waals surface area contributed by atoms with Gasteiger partial charge in [0.15, 0.2) is 0 Å². The molecule has 0 aliphatic carbocycles. The highest BCUT2D eigenvalue weighted by Gasteiger charge is 2.49. The number of hydrogen-bond acceptors (Lipinski definition) is 4. The number of nitrogens with zero attached hydrogens (tertiary/aromatic N) is 1. The molecule has 0 spiro atoms. The summed E-state index contributed by atoms with van der Waals surface area (Å²) in [6, 6.07) is 19.2. The van der Waals surface area contributed by atoms with Gasteiger partial charge in [0.05, 0.1) is 11.3 Å². The third-order valence-electron chi connectivity index (χ3n) is 5.88. The molecule has 0 aromatic heterocycles. The third kappa shape index (κ3) is 4.34. The molecule has 0 bridgehead atoms. The minimum absolute atomic E-state index is 0.308. The van der Waals surface area contributed by atoms with E-state index in [1.807, 2.05) is 43.3 Å². The van der Waals surface area contributed by atoms with E-state index >= 15 is 0 Å². The number of amides is 5. The maximum absolute atomic E-state index is 13.3. The van der Waals surface area contributed by atoms with Gasteiger partial charge in [-0.15, -0.1) is 0 Å². The molecule has 8 heteroatoms. The number of nitrogens with one attached hydrogen (secondary N) is 3. The van der Waals surface area contributed by atoms with Gasteiger partial charge in [0.2, 0.25) is 5.91 Å². The number of para-hydroxylation sites is 1. The first kappa shape index (κ1) is 23.0. The Morgan fingerprint density at radius 2 is 1.68 bits per heavy atom. The molecule has 0 radical (unpaired) electrons. The number of hydrogen-bond donors (Lipinski definition) is 3. The highest BCUT2D eigenvalue weighted by Crippen LogP contribution is 2.31. The summed E-state index contributed by atoms with van der Waals surface area (Å²) >= 11 is 0. The largest absolute Gasteiger partial charge is 0.352 e. The Hall–Kier alpha value is -4.20. The fourth-order valence-corrected chi connectivity index (χ4v) is 3.99. The van der Waals surface area contributed by atoms with E-state index in [1.54, 1.807) is 37.3 Å². The first-order valence-electron chi connectivity index (χ1n) is 11.1. The topological polar surface area (TPSA) is 108 Å². The number of carbonyl (C=O) groups excluding carboxylic acids is 4. The van der Waals surface area contributed by atoms with Crippen LogP contribution in [0.25, 0.3) is 10.8 Å². The van der Waals surface area contributed by atoms with Crippen molar-refractivity contribution in [3.8, 4) is 0 Å². The number of fused-ring (bicyclic) bond motifs is 1. The lowest BCUT2D eigenvalue weighted by Crippen LogP contribution is -2.42. The Labute approximate surface area is 197 Å². The van der Waals surface area contributed by atoms with Gasteiger partial charge in [-0.05, 0) is 47.9 Å². The van der Waals surface area contributed by atoms with Crippen LogP contribution in [0.3, 0.4) is 0 Å². The van der Waals surface area contributed by atoms with E-state index in [1.165, 1.54) is 0 Å². The molecular weight excluding hydrogens is 432 g/mol. The van der Waals surface area contributed by atoms with E-state index in [-0.39, 0.29) is 5.91 Å². The Morgan fingerprint density at radius 1 is 0.971 bits per heavy atom. The Kier molecular flexibility index (Phi) is 6.32. The zero-order valence-corrected chi connectivity index (χ0v) is 19.1. The highest BCUT2D eigenvalue weighted by molar-refractivity contribution is 6.11. The molecule has 34 heavy (non-hydrogen) atoms. The Bertz CT molecular complexity index is 1290. The van der Waals surface area contributed by atoms with Crippen LogP contribution in [-0.4, -0.2) is 41.7 Å². The minimum Gasteiger partial charge on any atom is -0.352 e. The summed E-state index contributed by atoms with van der Waals surface area (Å²) in [5.74, 6) is -1.41. The summed E-state index contributed by atoms with van der Waals surface area (Å²) in [5, 5.41) is 10.1. The lowest BCUT2D eigenvalue weighted by atomic mass is 9.90. The van der Waals surface area contributed by atoms with Crippen molar-refractivity contribution in [3.63, 3.8) is 0 Å². The highest BCUT2D eigenvalue weighted by atomic mass is 16.2. The van der Waals surface area contributed by atoms with Crippen molar-refractivity contribution in [2.24, 2.45) is 0 Å². The monoisotopic (exact) mass is 458 g/mol. The van der Waals surface area contributed by atoms with E-state index in [9.17, 15) is 19.2 Å². The Morgan fingerprint density at radius 3 is 2.44 bits per heavy atom. The fraction of sp³-hybridized carbons (Fsp3) is 0.231. The van der Waals surface area contributed by atoms with Crippen molar-refractivity contribution in [2.75, 3.05) is 18.4 Å². The molecule has 1 fully saturated rings. The molecule has 3 aromatic carbocycles. The molecule has 1 heterocycles. The molecule has 0 saturated carbocycles. The molecule has 4 rings (SSSR count). The van der Waals surface area contributed by atoms with Crippen molar-refractivity contribution in [1.29, 1.82) is 0 Å². The predicted octanol–water partition coefficient (Wildman–Crippen LogP) is 3.39. The van der Waals surface area contributed by atoms with Gasteiger partial charge < -0.3 is 16.0 Å². The first-order chi connectivity index (χ1) is 16.3. The number of anilines is 1. The predicted molar refractivity (Wildman–Crippen MR) is 129 cm³/mol. The zero-order chi connectivity index (χ0) is 24.3. The van der Waals surface area contributed by atoms with Gasteiger partial charge in [-0.3, -0.25) is 19.3 Å². The van der Waals surface area contributed by atoms with Crippen molar-refractivity contribution in [3.05, 3.63) is 77.9 Å². The van der Waals surface area contributed by atoms with E-state index in [0.29, 0.717) is 23.4 Å². The van der Waals surface area contributed by atoms with Crippen LogP contribution in [0.15, 0.2) is 66.7 Å². The third-order valence-corrected chi connectivity index (χ3v) is 5.88. The van der Waals surface area contributed by atoms with Crippen LogP contribution in [0, 0.1) is 0 Å². The lowest BCUT2D eigenvalue weighted by Gasteiger charge is -2.22. The number of carbonyl (C=O) groups is 4. The van der Waals surface area contributed by atoms with Crippen LogP contribution >= 0.6 is 0 Å². The average Bonchev–Trinajstić information content (AvgIpc) is 3.06. The molecule has 8 nitrogen and oxygen atoms in total. The maximum Gasteiger partial charge on any atom is 0.325 e. The number of benzene rings is 3. The minimum atomic E-state index is -1.29. The van der Waals surface area contributed by atoms with Crippen LogP contribution in [0.1, 0.15) is 36.2 Å². The lowest BCUT2D eigenvalue weighted by molar-refractivity contribution is -0.133. The molecule has 1 atom stereocenters. The molecule has 5 amide bonds. The van der Waals surface area contributed by atoms with Crippen LogP contribution in [0.5, 0.6) is 0 Å². The maximum atomic E-state index is 13.3. The van der Waals surface area contributed by atoms with E-state index < -0.39 is 29.9 Å². The number of urea groups is 1. The number of rotatable bonds is 7. The van der Waals surface area contributed by atoms with Crippen LogP contribution in [0.2, 0.25) is 0 Å². The second-order valence-electron chi connectivity index (χ2n) is 8.36. The van der Waals surface area contributed by atoms with Crippen molar-refractivity contribution in [1.82, 2.24) is 15.5 Å². The summed E-state index contributed by atoms with van der Waals surface area (Å²) in [6.45, 7) is 3.61. The van der Waals surface area contributed by atoms with Gasteiger partial charge in [-0.1, -0.05) is 55.5 Å². The summed E-state index contributed by atoms with van der Waals surface area (Å²) in [5.41, 5.74) is -0.0438. The Balaban J connectivity index is 1.50. The average molecular weight is 459 g/mol. The second kappa shape index (κ2) is 9.35. The molecule has 1 aliphatic heterocycles. The summed E-state index contributed by atoms with van der Waals surface area (Å²) in [4.78, 5) is 52.0. The van der Waals surface area contributed by atoms with Gasteiger partial charge in [0.25, 0.3) is 11.8 Å². The van der Waals surface area contributed by atoms with Gasteiger partial charge >= 0.3 is 6.03 Å². The molecule has 3 aromatic rings. The number of imide groups is 1. The van der Waals surface area contributed by atoms with Gasteiger partial charge in [0, 0.05) is 6.54 Å². The standard InChI is InChI=1S/C26H26N4O4/c1-3-14-27-23(32)20-10-6-7-11-21(20)28-22(31)16-30-24(33)26(2,29-25(30)34)19-13-12-17-8-4-5-9-18(17)15-19/h4-13,15H,3,14,16H2,1-2H3,(H,27,32)(H,28,31)(H,29,34). The van der Waals surface area contributed by atoms with Crippen LogP contribution in [-0.2, 0) is 15.1 Å². The first-order valence-corrected chi connectivity index (χ1v) is 11.1.